The number of benzene rings is 1. The molecule has 0 unspecified atom stereocenters. The maximum atomic E-state index is 11.6. The summed E-state index contributed by atoms with van der Waals surface area (Å²) >= 11 is 11.6. The number of carbonyl (C=O) groups excluding carboxylic acids is 1. The smallest absolute Gasteiger partial charge is 0.166 e. The summed E-state index contributed by atoms with van der Waals surface area (Å²) in [6.45, 7) is 3.67. The van der Waals surface area contributed by atoms with Gasteiger partial charge >= 0.3 is 0 Å². The van der Waals surface area contributed by atoms with E-state index in [1.807, 2.05) is 13.8 Å². The van der Waals surface area contributed by atoms with Gasteiger partial charge in [0.1, 0.15) is 0 Å². The molecule has 70 valence electrons. The minimum atomic E-state index is -0.0593. The van der Waals surface area contributed by atoms with Crippen molar-refractivity contribution < 1.29 is 4.79 Å². The van der Waals surface area contributed by atoms with Gasteiger partial charge in [-0.3, -0.25) is 4.79 Å². The molecule has 3 heteroatoms. The van der Waals surface area contributed by atoms with Gasteiger partial charge < -0.3 is 0 Å². The molecule has 0 fully saturated rings. The second-order valence-corrected chi connectivity index (χ2v) is 3.99. The van der Waals surface area contributed by atoms with Gasteiger partial charge in [0.25, 0.3) is 0 Å². The van der Waals surface area contributed by atoms with E-state index in [4.69, 9.17) is 23.2 Å². The molecule has 0 heterocycles. The monoisotopic (exact) mass is 216 g/mol. The van der Waals surface area contributed by atoms with E-state index in [1.165, 1.54) is 0 Å². The third kappa shape index (κ3) is 2.45. The van der Waals surface area contributed by atoms with Gasteiger partial charge in [0.15, 0.2) is 5.78 Å². The van der Waals surface area contributed by atoms with Gasteiger partial charge in [-0.2, -0.15) is 0 Å². The Hall–Kier alpha value is -0.530. The Morgan fingerprint density at radius 1 is 1.31 bits per heavy atom. The predicted octanol–water partition coefficient (Wildman–Crippen LogP) is 3.83. The summed E-state index contributed by atoms with van der Waals surface area (Å²) in [6.07, 6.45) is 0. The minimum absolute atomic E-state index is 0.0208. The molecule has 0 aromatic heterocycles. The van der Waals surface area contributed by atoms with Crippen molar-refractivity contribution in [3.05, 3.63) is 33.8 Å². The van der Waals surface area contributed by atoms with E-state index in [0.29, 0.717) is 15.6 Å². The average molecular weight is 217 g/mol. The molecule has 1 nitrogen and oxygen atoms in total. The van der Waals surface area contributed by atoms with Crippen LogP contribution in [0.25, 0.3) is 0 Å². The molecule has 0 aliphatic heterocycles. The number of ketones is 1. The molecule has 0 radical (unpaired) electrons. The van der Waals surface area contributed by atoms with Crippen molar-refractivity contribution in [1.29, 1.82) is 0 Å². The molecule has 1 aromatic rings. The molecule has 1 rings (SSSR count). The Labute approximate surface area is 87.7 Å². The van der Waals surface area contributed by atoms with Crippen LogP contribution in [0.2, 0.25) is 10.0 Å². The fourth-order valence-electron chi connectivity index (χ4n) is 0.997. The fraction of sp³-hybridized carbons (Fsp3) is 0.300. The number of halogens is 2. The van der Waals surface area contributed by atoms with Crippen molar-refractivity contribution in [2.24, 2.45) is 5.92 Å². The Morgan fingerprint density at radius 2 is 1.92 bits per heavy atom. The number of carbonyl (C=O) groups is 1. The van der Waals surface area contributed by atoms with E-state index in [-0.39, 0.29) is 11.7 Å². The standard InChI is InChI=1S/C10H10Cl2O/c1-6(2)10(13)8-5-7(11)3-4-9(8)12/h3-6H,1-2H3. The number of rotatable bonds is 2. The van der Waals surface area contributed by atoms with Crippen LogP contribution in [-0.4, -0.2) is 5.78 Å². The van der Waals surface area contributed by atoms with E-state index in [0.717, 1.165) is 0 Å². The average Bonchev–Trinajstić information content (AvgIpc) is 2.08. The van der Waals surface area contributed by atoms with E-state index in [9.17, 15) is 4.79 Å². The van der Waals surface area contributed by atoms with Crippen LogP contribution < -0.4 is 0 Å². The van der Waals surface area contributed by atoms with Crippen molar-refractivity contribution in [2.75, 3.05) is 0 Å². The lowest BCUT2D eigenvalue weighted by Crippen LogP contribution is -2.07. The van der Waals surface area contributed by atoms with Crippen molar-refractivity contribution in [3.63, 3.8) is 0 Å². The quantitative estimate of drug-likeness (QED) is 0.688. The van der Waals surface area contributed by atoms with Gasteiger partial charge in [0.05, 0.1) is 5.02 Å². The summed E-state index contributed by atoms with van der Waals surface area (Å²) < 4.78 is 0. The van der Waals surface area contributed by atoms with Crippen molar-refractivity contribution >= 4 is 29.0 Å². The van der Waals surface area contributed by atoms with Crippen LogP contribution in [0.5, 0.6) is 0 Å². The summed E-state index contributed by atoms with van der Waals surface area (Å²) in [6, 6.07) is 4.91. The summed E-state index contributed by atoms with van der Waals surface area (Å²) in [5.41, 5.74) is 0.504. The lowest BCUT2D eigenvalue weighted by molar-refractivity contribution is 0.0939. The minimum Gasteiger partial charge on any atom is -0.294 e. The topological polar surface area (TPSA) is 17.1 Å². The Morgan fingerprint density at radius 3 is 2.46 bits per heavy atom. The zero-order valence-electron chi connectivity index (χ0n) is 7.47. The van der Waals surface area contributed by atoms with Gasteiger partial charge in [-0.15, -0.1) is 0 Å². The van der Waals surface area contributed by atoms with Gasteiger partial charge in [-0.25, -0.2) is 0 Å². The largest absolute Gasteiger partial charge is 0.294 e. The first-order valence-electron chi connectivity index (χ1n) is 4.01. The number of hydrogen-bond acceptors (Lipinski definition) is 1. The normalized spacial score (nSPS) is 10.5. The molecule has 0 saturated carbocycles. The van der Waals surface area contributed by atoms with Crippen LogP contribution in [0.15, 0.2) is 18.2 Å². The number of hydrogen-bond donors (Lipinski definition) is 0. The summed E-state index contributed by atoms with van der Waals surface area (Å²) in [5, 5.41) is 0.997. The van der Waals surface area contributed by atoms with E-state index in [2.05, 4.69) is 0 Å². The van der Waals surface area contributed by atoms with Gasteiger partial charge in [0, 0.05) is 16.5 Å². The lowest BCUT2D eigenvalue weighted by Gasteiger charge is -2.06. The summed E-state index contributed by atoms with van der Waals surface area (Å²) in [4.78, 5) is 11.6. The first-order chi connectivity index (χ1) is 6.02. The zero-order chi connectivity index (χ0) is 10.0. The lowest BCUT2D eigenvalue weighted by atomic mass is 10.0. The van der Waals surface area contributed by atoms with E-state index < -0.39 is 0 Å². The number of Topliss-reactive ketones (excluding diaryl/α,β-unsaturated/α-hetero) is 1. The zero-order valence-corrected chi connectivity index (χ0v) is 8.99. The van der Waals surface area contributed by atoms with Crippen LogP contribution in [0.3, 0.4) is 0 Å². The first kappa shape index (κ1) is 10.6. The van der Waals surface area contributed by atoms with Crippen LogP contribution in [0, 0.1) is 5.92 Å². The van der Waals surface area contributed by atoms with Crippen molar-refractivity contribution in [1.82, 2.24) is 0 Å². The Kier molecular flexibility index (Phi) is 3.34. The SMILES string of the molecule is CC(C)C(=O)c1cc(Cl)ccc1Cl. The molecule has 0 amide bonds. The fourth-order valence-corrected chi connectivity index (χ4v) is 1.38. The van der Waals surface area contributed by atoms with Gasteiger partial charge in [-0.1, -0.05) is 37.0 Å². The third-order valence-electron chi connectivity index (χ3n) is 1.72. The maximum absolute atomic E-state index is 11.6. The molecule has 13 heavy (non-hydrogen) atoms. The van der Waals surface area contributed by atoms with Gasteiger partial charge in [0.2, 0.25) is 0 Å². The van der Waals surface area contributed by atoms with Gasteiger partial charge in [-0.05, 0) is 18.2 Å². The molecule has 0 aliphatic rings. The molecule has 0 aliphatic carbocycles. The molecule has 0 saturated heterocycles. The van der Waals surface area contributed by atoms with Crippen LogP contribution in [-0.2, 0) is 0 Å². The summed E-state index contributed by atoms with van der Waals surface area (Å²) in [5.74, 6) is -0.0385. The molecule has 0 N–H and O–H groups in total. The van der Waals surface area contributed by atoms with Crippen molar-refractivity contribution in [3.8, 4) is 0 Å². The highest BCUT2D eigenvalue weighted by atomic mass is 35.5. The van der Waals surface area contributed by atoms with Crippen molar-refractivity contribution in [2.45, 2.75) is 13.8 Å². The van der Waals surface area contributed by atoms with Crippen LogP contribution >= 0.6 is 23.2 Å². The molecular formula is C10H10Cl2O. The van der Waals surface area contributed by atoms with Crippen LogP contribution in [0.4, 0.5) is 0 Å². The second-order valence-electron chi connectivity index (χ2n) is 3.14. The summed E-state index contributed by atoms with van der Waals surface area (Å²) in [7, 11) is 0. The maximum Gasteiger partial charge on any atom is 0.166 e. The highest BCUT2D eigenvalue weighted by Gasteiger charge is 2.13. The van der Waals surface area contributed by atoms with E-state index >= 15 is 0 Å². The molecule has 0 atom stereocenters. The predicted molar refractivity (Wildman–Crippen MR) is 55.6 cm³/mol. The third-order valence-corrected chi connectivity index (χ3v) is 2.28. The molecular weight excluding hydrogens is 207 g/mol. The Balaban J connectivity index is 3.13. The molecule has 0 spiro atoms. The molecule has 0 bridgehead atoms. The molecule has 1 aromatic carbocycles. The van der Waals surface area contributed by atoms with Crippen LogP contribution in [0.1, 0.15) is 24.2 Å². The Bertz CT molecular complexity index is 332. The highest BCUT2D eigenvalue weighted by molar-refractivity contribution is 6.35. The highest BCUT2D eigenvalue weighted by Crippen LogP contribution is 2.22. The first-order valence-corrected chi connectivity index (χ1v) is 4.77. The second kappa shape index (κ2) is 4.12. The van der Waals surface area contributed by atoms with E-state index in [1.54, 1.807) is 18.2 Å².